The van der Waals surface area contributed by atoms with Gasteiger partial charge in [-0.2, -0.15) is 0 Å². The van der Waals surface area contributed by atoms with E-state index in [4.69, 9.17) is 4.74 Å². The topological polar surface area (TPSA) is 87.7 Å². The fourth-order valence-electron chi connectivity index (χ4n) is 4.13. The maximum absolute atomic E-state index is 12.5. The van der Waals surface area contributed by atoms with E-state index in [0.717, 1.165) is 25.9 Å². The third-order valence-corrected chi connectivity index (χ3v) is 5.84. The summed E-state index contributed by atoms with van der Waals surface area (Å²) in [5, 5.41) is 5.81. The molecule has 7 heteroatoms. The summed E-state index contributed by atoms with van der Waals surface area (Å²) in [6, 6.07) is 8.59. The lowest BCUT2D eigenvalue weighted by Gasteiger charge is -2.24. The summed E-state index contributed by atoms with van der Waals surface area (Å²) in [4.78, 5) is 39.0. The Kier molecular flexibility index (Phi) is 8.39. The van der Waals surface area contributed by atoms with Crippen molar-refractivity contribution in [2.45, 2.75) is 51.2 Å². The lowest BCUT2D eigenvalue weighted by Crippen LogP contribution is -2.48. The van der Waals surface area contributed by atoms with Crippen molar-refractivity contribution >= 4 is 17.6 Å². The van der Waals surface area contributed by atoms with Crippen molar-refractivity contribution in [1.82, 2.24) is 15.5 Å². The fourth-order valence-corrected chi connectivity index (χ4v) is 4.13. The van der Waals surface area contributed by atoms with E-state index in [0.29, 0.717) is 25.1 Å². The number of Topliss-reactive ketones (excluding diaryl/α,β-unsaturated/α-hetero) is 1. The van der Waals surface area contributed by atoms with Crippen molar-refractivity contribution < 1.29 is 19.1 Å². The molecule has 1 aromatic rings. The van der Waals surface area contributed by atoms with Gasteiger partial charge >= 0.3 is 0 Å². The Morgan fingerprint density at radius 3 is 2.67 bits per heavy atom. The molecular formula is C23H33N3O4. The van der Waals surface area contributed by atoms with Gasteiger partial charge in [0, 0.05) is 25.1 Å². The SMILES string of the molecule is CC(CCCNC(=O)c1ccccc1)CC(=O)NC1C(=O)COC1CN1CCCC1. The Balaban J connectivity index is 1.34. The maximum Gasteiger partial charge on any atom is 0.251 e. The molecule has 0 radical (unpaired) electrons. The summed E-state index contributed by atoms with van der Waals surface area (Å²) in [6.07, 6.45) is 4.11. The highest BCUT2D eigenvalue weighted by atomic mass is 16.5. The molecule has 2 fully saturated rings. The minimum atomic E-state index is -0.532. The molecule has 7 nitrogen and oxygen atoms in total. The molecule has 1 aromatic carbocycles. The molecule has 0 bridgehead atoms. The first-order chi connectivity index (χ1) is 14.5. The summed E-state index contributed by atoms with van der Waals surface area (Å²) < 4.78 is 5.64. The van der Waals surface area contributed by atoms with E-state index in [9.17, 15) is 14.4 Å². The standard InChI is InChI=1S/C23H33N3O4/c1-17(8-7-11-24-23(29)18-9-3-2-4-10-18)14-21(28)25-22-19(27)16-30-20(22)15-26-12-5-6-13-26/h2-4,9-10,17,20,22H,5-8,11-16H2,1H3,(H,24,29)(H,25,28). The van der Waals surface area contributed by atoms with Crippen molar-refractivity contribution in [2.75, 3.05) is 32.8 Å². The Bertz CT molecular complexity index is 718. The fraction of sp³-hybridized carbons (Fsp3) is 0.609. The van der Waals surface area contributed by atoms with Gasteiger partial charge < -0.3 is 20.3 Å². The molecule has 30 heavy (non-hydrogen) atoms. The quantitative estimate of drug-likeness (QED) is 0.569. The van der Waals surface area contributed by atoms with E-state index in [1.807, 2.05) is 25.1 Å². The number of carbonyl (C=O) groups excluding carboxylic acids is 3. The maximum atomic E-state index is 12.5. The third-order valence-electron chi connectivity index (χ3n) is 5.84. The van der Waals surface area contributed by atoms with Gasteiger partial charge in [0.1, 0.15) is 12.6 Å². The van der Waals surface area contributed by atoms with Crippen LogP contribution in [0.15, 0.2) is 30.3 Å². The third kappa shape index (κ3) is 6.64. The van der Waals surface area contributed by atoms with Crippen molar-refractivity contribution in [3.05, 3.63) is 35.9 Å². The van der Waals surface area contributed by atoms with E-state index in [2.05, 4.69) is 15.5 Å². The normalized spacial score (nSPS) is 22.8. The molecule has 3 atom stereocenters. The zero-order valence-electron chi connectivity index (χ0n) is 17.8. The summed E-state index contributed by atoms with van der Waals surface area (Å²) in [6.45, 7) is 5.45. The lowest BCUT2D eigenvalue weighted by molar-refractivity contribution is -0.127. The number of ketones is 1. The number of benzene rings is 1. The molecule has 164 valence electrons. The first-order valence-corrected chi connectivity index (χ1v) is 11.0. The van der Waals surface area contributed by atoms with E-state index in [-0.39, 0.29) is 36.2 Å². The molecule has 0 aromatic heterocycles. The molecule has 3 rings (SSSR count). The number of likely N-dealkylation sites (tertiary alicyclic amines) is 1. The van der Waals surface area contributed by atoms with Crippen LogP contribution >= 0.6 is 0 Å². The Hall–Kier alpha value is -2.25. The van der Waals surface area contributed by atoms with Gasteiger partial charge in [0.25, 0.3) is 5.91 Å². The summed E-state index contributed by atoms with van der Waals surface area (Å²) in [7, 11) is 0. The molecule has 2 saturated heterocycles. The lowest BCUT2D eigenvalue weighted by atomic mass is 10.0. The van der Waals surface area contributed by atoms with Crippen molar-refractivity contribution in [2.24, 2.45) is 5.92 Å². The van der Waals surface area contributed by atoms with Crippen LogP contribution in [0.1, 0.15) is 49.4 Å². The molecule has 0 spiro atoms. The Morgan fingerprint density at radius 2 is 1.93 bits per heavy atom. The van der Waals surface area contributed by atoms with Gasteiger partial charge in [-0.05, 0) is 56.8 Å². The highest BCUT2D eigenvalue weighted by molar-refractivity contribution is 5.94. The first kappa shape index (κ1) is 22.4. The van der Waals surface area contributed by atoms with Crippen molar-refractivity contribution in [3.8, 4) is 0 Å². The van der Waals surface area contributed by atoms with Crippen LogP contribution in [0.3, 0.4) is 0 Å². The molecule has 2 aliphatic rings. The number of nitrogens with zero attached hydrogens (tertiary/aromatic N) is 1. The largest absolute Gasteiger partial charge is 0.366 e. The molecule has 2 amide bonds. The van der Waals surface area contributed by atoms with Crippen LogP contribution < -0.4 is 10.6 Å². The van der Waals surface area contributed by atoms with Crippen LogP contribution in [0.5, 0.6) is 0 Å². The number of hydrogen-bond acceptors (Lipinski definition) is 5. The minimum absolute atomic E-state index is 0.0381. The van der Waals surface area contributed by atoms with Gasteiger partial charge in [0.05, 0.1) is 6.10 Å². The van der Waals surface area contributed by atoms with E-state index >= 15 is 0 Å². The number of rotatable bonds is 10. The van der Waals surface area contributed by atoms with Crippen LogP contribution in [0.4, 0.5) is 0 Å². The molecule has 3 unspecified atom stereocenters. The van der Waals surface area contributed by atoms with Crippen LogP contribution in [0.25, 0.3) is 0 Å². The van der Waals surface area contributed by atoms with Crippen LogP contribution in [-0.2, 0) is 14.3 Å². The predicted octanol–water partition coefficient (Wildman–Crippen LogP) is 1.77. The second-order valence-electron chi connectivity index (χ2n) is 8.44. The zero-order valence-corrected chi connectivity index (χ0v) is 17.8. The number of amides is 2. The van der Waals surface area contributed by atoms with E-state index in [1.54, 1.807) is 12.1 Å². The molecule has 2 heterocycles. The monoisotopic (exact) mass is 415 g/mol. The molecule has 0 aliphatic carbocycles. The van der Waals surface area contributed by atoms with Gasteiger partial charge in [-0.15, -0.1) is 0 Å². The number of hydrogen-bond donors (Lipinski definition) is 2. The number of ether oxygens (including phenoxy) is 1. The summed E-state index contributed by atoms with van der Waals surface area (Å²) in [5.41, 5.74) is 0.650. The van der Waals surface area contributed by atoms with Crippen LogP contribution in [0.2, 0.25) is 0 Å². The molecule has 2 N–H and O–H groups in total. The average molecular weight is 416 g/mol. The zero-order chi connectivity index (χ0) is 21.3. The van der Waals surface area contributed by atoms with Gasteiger partial charge in [0.2, 0.25) is 5.91 Å². The Labute approximate surface area is 178 Å². The first-order valence-electron chi connectivity index (χ1n) is 11.0. The van der Waals surface area contributed by atoms with Gasteiger partial charge in [-0.1, -0.05) is 25.1 Å². The average Bonchev–Trinajstić information content (AvgIpc) is 3.37. The minimum Gasteiger partial charge on any atom is -0.366 e. The van der Waals surface area contributed by atoms with Gasteiger partial charge in [-0.3, -0.25) is 14.4 Å². The van der Waals surface area contributed by atoms with E-state index in [1.165, 1.54) is 12.8 Å². The van der Waals surface area contributed by atoms with Gasteiger partial charge in [-0.25, -0.2) is 0 Å². The molecule has 2 aliphatic heterocycles. The highest BCUT2D eigenvalue weighted by Crippen LogP contribution is 2.17. The number of nitrogens with one attached hydrogen (secondary N) is 2. The van der Waals surface area contributed by atoms with E-state index < -0.39 is 6.04 Å². The van der Waals surface area contributed by atoms with Gasteiger partial charge in [0.15, 0.2) is 5.78 Å². The summed E-state index contributed by atoms with van der Waals surface area (Å²) >= 11 is 0. The number of carbonyl (C=O) groups is 3. The Morgan fingerprint density at radius 1 is 1.20 bits per heavy atom. The molecule has 0 saturated carbocycles. The van der Waals surface area contributed by atoms with Crippen molar-refractivity contribution in [1.29, 1.82) is 0 Å². The van der Waals surface area contributed by atoms with Crippen LogP contribution in [0, 0.1) is 5.92 Å². The smallest absolute Gasteiger partial charge is 0.251 e. The second kappa shape index (κ2) is 11.2. The van der Waals surface area contributed by atoms with Crippen molar-refractivity contribution in [3.63, 3.8) is 0 Å². The second-order valence-corrected chi connectivity index (χ2v) is 8.44. The highest BCUT2D eigenvalue weighted by Gasteiger charge is 2.38. The summed E-state index contributed by atoms with van der Waals surface area (Å²) in [5.74, 6) is -0.0483. The van der Waals surface area contributed by atoms with Crippen LogP contribution in [-0.4, -0.2) is 67.4 Å². The predicted molar refractivity (Wildman–Crippen MR) is 114 cm³/mol. The molecular weight excluding hydrogens is 382 g/mol.